The summed E-state index contributed by atoms with van der Waals surface area (Å²) in [5, 5.41) is 9.53. The molecule has 1 aliphatic rings. The SMILES string of the molecule is COC1(F)C=Cc2ccccc2C1(O)F. The van der Waals surface area contributed by atoms with E-state index in [2.05, 4.69) is 4.74 Å². The standard InChI is InChI=1S/C11H10F2O2/c1-15-10(12)7-6-8-4-2-3-5-9(8)11(10,13)14/h2-7,14H,1H3. The van der Waals surface area contributed by atoms with Crippen molar-refractivity contribution in [3.8, 4) is 0 Å². The van der Waals surface area contributed by atoms with Crippen LogP contribution in [0.15, 0.2) is 30.3 Å². The molecule has 0 amide bonds. The topological polar surface area (TPSA) is 29.5 Å². The lowest BCUT2D eigenvalue weighted by Gasteiger charge is -2.35. The van der Waals surface area contributed by atoms with Crippen molar-refractivity contribution < 1.29 is 18.6 Å². The summed E-state index contributed by atoms with van der Waals surface area (Å²) >= 11 is 0. The highest BCUT2D eigenvalue weighted by atomic mass is 19.2. The van der Waals surface area contributed by atoms with Gasteiger partial charge in [-0.15, -0.1) is 0 Å². The molecule has 15 heavy (non-hydrogen) atoms. The van der Waals surface area contributed by atoms with Crippen molar-refractivity contribution in [3.63, 3.8) is 0 Å². The molecule has 2 atom stereocenters. The maximum Gasteiger partial charge on any atom is 0.297 e. The number of rotatable bonds is 1. The second-order valence-corrected chi connectivity index (χ2v) is 3.39. The number of aliphatic hydroxyl groups is 1. The minimum Gasteiger partial charge on any atom is -0.353 e. The molecule has 1 aliphatic carbocycles. The van der Waals surface area contributed by atoms with Gasteiger partial charge < -0.3 is 9.84 Å². The summed E-state index contributed by atoms with van der Waals surface area (Å²) in [7, 11) is 1.00. The Morgan fingerprint density at radius 3 is 2.60 bits per heavy atom. The van der Waals surface area contributed by atoms with E-state index in [1.54, 1.807) is 12.1 Å². The summed E-state index contributed by atoms with van der Waals surface area (Å²) in [6.07, 6.45) is 2.25. The van der Waals surface area contributed by atoms with Gasteiger partial charge in [0.1, 0.15) is 0 Å². The molecule has 2 rings (SSSR count). The number of benzene rings is 1. The van der Waals surface area contributed by atoms with Crippen LogP contribution in [0.3, 0.4) is 0 Å². The summed E-state index contributed by atoms with van der Waals surface area (Å²) in [5.41, 5.74) is 0.310. The van der Waals surface area contributed by atoms with Gasteiger partial charge in [-0.25, -0.2) is 4.39 Å². The third kappa shape index (κ3) is 1.29. The lowest BCUT2D eigenvalue weighted by Crippen LogP contribution is -2.47. The Morgan fingerprint density at radius 2 is 1.93 bits per heavy atom. The second-order valence-electron chi connectivity index (χ2n) is 3.39. The largest absolute Gasteiger partial charge is 0.353 e. The zero-order chi connectivity index (χ0) is 11.1. The maximum absolute atomic E-state index is 13.9. The van der Waals surface area contributed by atoms with Crippen molar-refractivity contribution >= 4 is 6.08 Å². The molecule has 0 aliphatic heterocycles. The van der Waals surface area contributed by atoms with Gasteiger partial charge in [0.15, 0.2) is 0 Å². The molecule has 0 aromatic heterocycles. The molecule has 1 aromatic rings. The molecular weight excluding hydrogens is 202 g/mol. The van der Waals surface area contributed by atoms with Gasteiger partial charge in [-0.1, -0.05) is 30.3 Å². The average Bonchev–Trinajstić information content (AvgIpc) is 2.24. The molecule has 1 N–H and O–H groups in total. The third-order valence-electron chi connectivity index (χ3n) is 2.54. The molecular formula is C11H10F2O2. The molecule has 0 saturated heterocycles. The molecule has 80 valence electrons. The quantitative estimate of drug-likeness (QED) is 0.772. The van der Waals surface area contributed by atoms with E-state index in [1.807, 2.05) is 0 Å². The van der Waals surface area contributed by atoms with Crippen molar-refractivity contribution in [1.82, 2.24) is 0 Å². The van der Waals surface area contributed by atoms with Crippen LogP contribution in [0.25, 0.3) is 6.08 Å². The highest BCUT2D eigenvalue weighted by Crippen LogP contribution is 2.44. The molecule has 0 bridgehead atoms. The summed E-state index contributed by atoms with van der Waals surface area (Å²) in [6, 6.07) is 6.12. The van der Waals surface area contributed by atoms with E-state index in [0.717, 1.165) is 13.2 Å². The van der Waals surface area contributed by atoms with E-state index in [-0.39, 0.29) is 5.56 Å². The van der Waals surface area contributed by atoms with E-state index < -0.39 is 11.7 Å². The molecule has 0 saturated carbocycles. The van der Waals surface area contributed by atoms with Crippen LogP contribution in [-0.4, -0.2) is 18.1 Å². The van der Waals surface area contributed by atoms with Gasteiger partial charge >= 0.3 is 0 Å². The lowest BCUT2D eigenvalue weighted by molar-refractivity contribution is -0.283. The van der Waals surface area contributed by atoms with Crippen molar-refractivity contribution in [2.24, 2.45) is 0 Å². The Kier molecular flexibility index (Phi) is 2.13. The molecule has 0 spiro atoms. The first-order chi connectivity index (χ1) is 7.01. The Morgan fingerprint density at radius 1 is 1.27 bits per heavy atom. The van der Waals surface area contributed by atoms with Gasteiger partial charge in [-0.05, 0) is 11.6 Å². The zero-order valence-electron chi connectivity index (χ0n) is 8.08. The van der Waals surface area contributed by atoms with Crippen LogP contribution in [0, 0.1) is 0 Å². The van der Waals surface area contributed by atoms with Crippen LogP contribution >= 0.6 is 0 Å². The van der Waals surface area contributed by atoms with Gasteiger partial charge in [-0.3, -0.25) is 0 Å². The molecule has 0 radical (unpaired) electrons. The number of ether oxygens (including phenoxy) is 1. The molecule has 0 fully saturated rings. The Bertz CT molecular complexity index is 415. The second kappa shape index (κ2) is 3.12. The highest BCUT2D eigenvalue weighted by Gasteiger charge is 2.55. The minimum absolute atomic E-state index is 0.128. The van der Waals surface area contributed by atoms with Crippen LogP contribution in [0.2, 0.25) is 0 Å². The fourth-order valence-corrected chi connectivity index (χ4v) is 1.64. The monoisotopic (exact) mass is 212 g/mol. The average molecular weight is 212 g/mol. The minimum atomic E-state index is -3.16. The number of hydrogen-bond acceptors (Lipinski definition) is 2. The smallest absolute Gasteiger partial charge is 0.297 e. The summed E-state index contributed by atoms with van der Waals surface area (Å²) < 4.78 is 32.1. The van der Waals surface area contributed by atoms with Crippen LogP contribution in [0.1, 0.15) is 11.1 Å². The van der Waals surface area contributed by atoms with E-state index in [0.29, 0.717) is 5.56 Å². The number of fused-ring (bicyclic) bond motifs is 1. The highest BCUT2D eigenvalue weighted by molar-refractivity contribution is 5.60. The first-order valence-electron chi connectivity index (χ1n) is 4.45. The van der Waals surface area contributed by atoms with Crippen LogP contribution in [-0.2, 0) is 10.6 Å². The maximum atomic E-state index is 13.9. The van der Waals surface area contributed by atoms with Crippen LogP contribution < -0.4 is 0 Å². The third-order valence-corrected chi connectivity index (χ3v) is 2.54. The Hall–Kier alpha value is -1.26. The Balaban J connectivity index is 2.62. The molecule has 4 heteroatoms. The fourth-order valence-electron chi connectivity index (χ4n) is 1.64. The first-order valence-corrected chi connectivity index (χ1v) is 4.45. The van der Waals surface area contributed by atoms with Gasteiger partial charge in [0.05, 0.1) is 0 Å². The van der Waals surface area contributed by atoms with Crippen molar-refractivity contribution in [2.45, 2.75) is 11.7 Å². The normalized spacial score (nSPS) is 33.9. The van der Waals surface area contributed by atoms with Crippen LogP contribution in [0.4, 0.5) is 8.78 Å². The number of halogens is 2. The van der Waals surface area contributed by atoms with Crippen molar-refractivity contribution in [1.29, 1.82) is 0 Å². The first kappa shape index (κ1) is 10.3. The van der Waals surface area contributed by atoms with Crippen molar-refractivity contribution in [3.05, 3.63) is 41.5 Å². The van der Waals surface area contributed by atoms with Gasteiger partial charge in [0, 0.05) is 12.7 Å². The number of hydrogen-bond donors (Lipinski definition) is 1. The zero-order valence-corrected chi connectivity index (χ0v) is 8.08. The molecule has 0 heterocycles. The van der Waals surface area contributed by atoms with Gasteiger partial charge in [0.25, 0.3) is 11.7 Å². The number of alkyl halides is 2. The lowest BCUT2D eigenvalue weighted by atomic mass is 9.89. The summed E-state index contributed by atoms with van der Waals surface area (Å²) in [6.45, 7) is 0. The van der Waals surface area contributed by atoms with E-state index in [9.17, 15) is 13.9 Å². The number of methoxy groups -OCH3 is 1. The molecule has 2 nitrogen and oxygen atoms in total. The fraction of sp³-hybridized carbons (Fsp3) is 0.273. The van der Waals surface area contributed by atoms with Crippen LogP contribution in [0.5, 0.6) is 0 Å². The predicted octanol–water partition coefficient (Wildman–Crippen LogP) is 2.14. The van der Waals surface area contributed by atoms with Crippen molar-refractivity contribution in [2.75, 3.05) is 7.11 Å². The van der Waals surface area contributed by atoms with E-state index >= 15 is 0 Å². The van der Waals surface area contributed by atoms with Gasteiger partial charge in [0.2, 0.25) is 0 Å². The molecule has 2 unspecified atom stereocenters. The van der Waals surface area contributed by atoms with E-state index in [4.69, 9.17) is 0 Å². The van der Waals surface area contributed by atoms with E-state index in [1.165, 1.54) is 18.2 Å². The predicted molar refractivity (Wildman–Crippen MR) is 51.3 cm³/mol. The Labute approximate surface area is 85.8 Å². The molecule has 1 aromatic carbocycles. The summed E-state index contributed by atoms with van der Waals surface area (Å²) in [5.74, 6) is -5.99. The van der Waals surface area contributed by atoms with Gasteiger partial charge in [-0.2, -0.15) is 4.39 Å². The summed E-state index contributed by atoms with van der Waals surface area (Å²) in [4.78, 5) is 0.